The quantitative estimate of drug-likeness (QED) is 0.650. The number of thioether (sulfide) groups is 1. The maximum atomic E-state index is 12.6. The summed E-state index contributed by atoms with van der Waals surface area (Å²) in [6.07, 6.45) is 3.06. The number of esters is 1. The van der Waals surface area contributed by atoms with Gasteiger partial charge in [-0.3, -0.25) is 4.79 Å². The van der Waals surface area contributed by atoms with E-state index in [1.54, 1.807) is 39.5 Å². The van der Waals surface area contributed by atoms with E-state index in [2.05, 4.69) is 15.6 Å². The van der Waals surface area contributed by atoms with Crippen LogP contribution in [0.15, 0.2) is 18.3 Å². The lowest BCUT2D eigenvalue weighted by molar-refractivity contribution is -0.118. The Hall–Kier alpha value is -2.29. The number of aromatic nitrogens is 1. The molecule has 1 atom stereocenters. The van der Waals surface area contributed by atoms with E-state index in [1.807, 2.05) is 6.26 Å². The maximum absolute atomic E-state index is 12.6. The topological polar surface area (TPSA) is 107 Å². The number of nitrogens with zero attached hydrogens (tertiary/aromatic N) is 1. The second-order valence-corrected chi connectivity index (χ2v) is 7.61. The number of hydrogen-bond donors (Lipinski definition) is 2. The Bertz CT molecular complexity index is 661. The summed E-state index contributed by atoms with van der Waals surface area (Å²) in [7, 11) is 0. The fourth-order valence-electron chi connectivity index (χ4n) is 2.01. The van der Waals surface area contributed by atoms with Crippen molar-refractivity contribution in [1.29, 1.82) is 0 Å². The summed E-state index contributed by atoms with van der Waals surface area (Å²) in [6.45, 7) is 7.19. The van der Waals surface area contributed by atoms with Gasteiger partial charge in [0.05, 0.1) is 12.2 Å². The van der Waals surface area contributed by atoms with Crippen LogP contribution < -0.4 is 10.6 Å². The van der Waals surface area contributed by atoms with Gasteiger partial charge in [-0.25, -0.2) is 14.6 Å². The lowest BCUT2D eigenvalue weighted by atomic mass is 10.2. The molecule has 1 aromatic heterocycles. The Morgan fingerprint density at radius 3 is 2.59 bits per heavy atom. The summed E-state index contributed by atoms with van der Waals surface area (Å²) in [5, 5.41) is 5.20. The Labute approximate surface area is 163 Å². The first-order valence-electron chi connectivity index (χ1n) is 8.58. The van der Waals surface area contributed by atoms with Crippen molar-refractivity contribution < 1.29 is 23.9 Å². The standard InChI is InChI=1S/C18H27N3O5S/c1-6-25-16(23)12-7-9-19-14(11-12)21-15(22)13(8-10-27-5)20-17(24)26-18(2,3)4/h7,9,11,13H,6,8,10H2,1-5H3,(H,20,24)(H,19,21,22). The maximum Gasteiger partial charge on any atom is 0.408 e. The van der Waals surface area contributed by atoms with Gasteiger partial charge < -0.3 is 20.1 Å². The van der Waals surface area contributed by atoms with Crippen molar-refractivity contribution in [2.24, 2.45) is 0 Å². The van der Waals surface area contributed by atoms with E-state index in [1.165, 1.54) is 18.3 Å². The summed E-state index contributed by atoms with van der Waals surface area (Å²) in [5.41, 5.74) is -0.386. The van der Waals surface area contributed by atoms with Gasteiger partial charge >= 0.3 is 12.1 Å². The van der Waals surface area contributed by atoms with Gasteiger partial charge in [0.25, 0.3) is 0 Å². The van der Waals surface area contributed by atoms with Gasteiger partial charge in [-0.15, -0.1) is 0 Å². The first-order valence-corrected chi connectivity index (χ1v) is 9.98. The number of anilines is 1. The molecule has 2 N–H and O–H groups in total. The molecule has 0 saturated carbocycles. The molecular weight excluding hydrogens is 370 g/mol. The fraction of sp³-hybridized carbons (Fsp3) is 0.556. The van der Waals surface area contributed by atoms with Crippen molar-refractivity contribution in [1.82, 2.24) is 10.3 Å². The molecule has 9 heteroatoms. The molecule has 150 valence electrons. The second-order valence-electron chi connectivity index (χ2n) is 6.62. The monoisotopic (exact) mass is 397 g/mol. The molecule has 1 aromatic rings. The summed E-state index contributed by atoms with van der Waals surface area (Å²) in [4.78, 5) is 40.4. The normalized spacial score (nSPS) is 12.0. The van der Waals surface area contributed by atoms with E-state index >= 15 is 0 Å². The molecule has 0 radical (unpaired) electrons. The van der Waals surface area contributed by atoms with Gasteiger partial charge in [-0.1, -0.05) is 0 Å². The van der Waals surface area contributed by atoms with E-state index in [9.17, 15) is 14.4 Å². The highest BCUT2D eigenvalue weighted by Gasteiger charge is 2.24. The summed E-state index contributed by atoms with van der Waals surface area (Å²) >= 11 is 1.56. The number of nitrogens with one attached hydrogen (secondary N) is 2. The van der Waals surface area contributed by atoms with Crippen molar-refractivity contribution in [3.05, 3.63) is 23.9 Å². The third kappa shape index (κ3) is 8.76. The highest BCUT2D eigenvalue weighted by molar-refractivity contribution is 7.98. The van der Waals surface area contributed by atoms with E-state index in [4.69, 9.17) is 9.47 Å². The highest BCUT2D eigenvalue weighted by atomic mass is 32.2. The second kappa shape index (κ2) is 10.8. The van der Waals surface area contributed by atoms with Crippen LogP contribution in [-0.4, -0.2) is 53.2 Å². The minimum atomic E-state index is -0.791. The molecule has 0 bridgehead atoms. The Morgan fingerprint density at radius 1 is 1.30 bits per heavy atom. The number of carbonyl (C=O) groups is 3. The molecule has 0 aliphatic rings. The van der Waals surface area contributed by atoms with E-state index < -0.39 is 29.6 Å². The van der Waals surface area contributed by atoms with Crippen LogP contribution in [0, 0.1) is 0 Å². The van der Waals surface area contributed by atoms with Crippen molar-refractivity contribution in [2.75, 3.05) is 23.9 Å². The molecule has 0 aliphatic carbocycles. The number of amides is 2. The minimum Gasteiger partial charge on any atom is -0.462 e. The third-order valence-corrected chi connectivity index (χ3v) is 3.78. The number of hydrogen-bond acceptors (Lipinski definition) is 7. The Kier molecular flexibility index (Phi) is 9.07. The average Bonchev–Trinajstić information content (AvgIpc) is 2.57. The van der Waals surface area contributed by atoms with Crippen molar-refractivity contribution in [3.8, 4) is 0 Å². The average molecular weight is 397 g/mol. The molecule has 0 fully saturated rings. The molecule has 0 spiro atoms. The molecule has 2 amide bonds. The summed E-state index contributed by atoms with van der Waals surface area (Å²) in [5.74, 6) is -0.0696. The van der Waals surface area contributed by atoms with Crippen LogP contribution in [-0.2, 0) is 14.3 Å². The van der Waals surface area contributed by atoms with Gasteiger partial charge in [0.1, 0.15) is 17.5 Å². The molecule has 1 heterocycles. The largest absolute Gasteiger partial charge is 0.462 e. The van der Waals surface area contributed by atoms with Crippen molar-refractivity contribution in [2.45, 2.75) is 45.8 Å². The summed E-state index contributed by atoms with van der Waals surface area (Å²) in [6, 6.07) is 2.13. The van der Waals surface area contributed by atoms with Gasteiger partial charge in [-0.2, -0.15) is 11.8 Å². The van der Waals surface area contributed by atoms with Gasteiger partial charge in [-0.05, 0) is 58.3 Å². The van der Waals surface area contributed by atoms with Crippen LogP contribution in [0.4, 0.5) is 10.6 Å². The predicted molar refractivity (Wildman–Crippen MR) is 105 cm³/mol. The Morgan fingerprint density at radius 2 is 2.00 bits per heavy atom. The predicted octanol–water partition coefficient (Wildman–Crippen LogP) is 2.84. The minimum absolute atomic E-state index is 0.200. The molecule has 0 saturated heterocycles. The van der Waals surface area contributed by atoms with Crippen molar-refractivity contribution in [3.63, 3.8) is 0 Å². The van der Waals surface area contributed by atoms with Crippen LogP contribution in [0.2, 0.25) is 0 Å². The zero-order valence-corrected chi connectivity index (χ0v) is 17.1. The number of carbonyl (C=O) groups excluding carboxylic acids is 3. The van der Waals surface area contributed by atoms with Crippen molar-refractivity contribution >= 4 is 35.5 Å². The van der Waals surface area contributed by atoms with E-state index in [0.717, 1.165) is 0 Å². The molecule has 27 heavy (non-hydrogen) atoms. The van der Waals surface area contributed by atoms with Gasteiger partial charge in [0.15, 0.2) is 0 Å². The summed E-state index contributed by atoms with van der Waals surface area (Å²) < 4.78 is 10.1. The number of ether oxygens (including phenoxy) is 2. The van der Waals surface area contributed by atoms with Crippen LogP contribution in [0.3, 0.4) is 0 Å². The molecule has 0 aliphatic heterocycles. The molecule has 1 unspecified atom stereocenters. The van der Waals surface area contributed by atoms with Crippen LogP contribution >= 0.6 is 11.8 Å². The third-order valence-electron chi connectivity index (χ3n) is 3.14. The van der Waals surface area contributed by atoms with Crippen LogP contribution in [0.1, 0.15) is 44.5 Å². The molecule has 0 aromatic carbocycles. The van der Waals surface area contributed by atoms with E-state index in [-0.39, 0.29) is 18.0 Å². The Balaban J connectivity index is 2.82. The molecule has 8 nitrogen and oxygen atoms in total. The SMILES string of the molecule is CCOC(=O)c1ccnc(NC(=O)C(CCSC)NC(=O)OC(C)(C)C)c1. The first kappa shape index (κ1) is 22.8. The zero-order valence-electron chi connectivity index (χ0n) is 16.3. The van der Waals surface area contributed by atoms with Gasteiger partial charge in [0, 0.05) is 6.20 Å². The number of pyridine rings is 1. The zero-order chi connectivity index (χ0) is 20.4. The molecule has 1 rings (SSSR count). The van der Waals surface area contributed by atoms with Gasteiger partial charge in [0.2, 0.25) is 5.91 Å². The van der Waals surface area contributed by atoms with Crippen LogP contribution in [0.5, 0.6) is 0 Å². The van der Waals surface area contributed by atoms with Crippen LogP contribution in [0.25, 0.3) is 0 Å². The number of alkyl carbamates (subject to hydrolysis) is 1. The highest BCUT2D eigenvalue weighted by Crippen LogP contribution is 2.11. The lowest BCUT2D eigenvalue weighted by Crippen LogP contribution is -2.46. The van der Waals surface area contributed by atoms with E-state index in [0.29, 0.717) is 12.2 Å². The number of rotatable bonds is 8. The molecular formula is C18H27N3O5S. The fourth-order valence-corrected chi connectivity index (χ4v) is 2.48. The lowest BCUT2D eigenvalue weighted by Gasteiger charge is -2.23. The smallest absolute Gasteiger partial charge is 0.408 e. The first-order chi connectivity index (χ1) is 12.7.